The van der Waals surface area contributed by atoms with Crippen LogP contribution in [-0.4, -0.2) is 24.2 Å². The summed E-state index contributed by atoms with van der Waals surface area (Å²) in [5, 5.41) is 3.04. The average molecular weight is 273 g/mol. The molecule has 0 aliphatic carbocycles. The van der Waals surface area contributed by atoms with Crippen LogP contribution in [0.1, 0.15) is 25.7 Å². The van der Waals surface area contributed by atoms with Gasteiger partial charge >= 0.3 is 0 Å². The van der Waals surface area contributed by atoms with Gasteiger partial charge in [-0.1, -0.05) is 35.4 Å². The number of rotatable bonds is 8. The summed E-state index contributed by atoms with van der Waals surface area (Å²) in [4.78, 5) is 0. The molecule has 0 aromatic carbocycles. The van der Waals surface area contributed by atoms with E-state index in [0.717, 1.165) is 6.54 Å². The van der Waals surface area contributed by atoms with Gasteiger partial charge in [-0.15, -0.1) is 0 Å². The zero-order valence-corrected chi connectivity index (χ0v) is 9.07. The van der Waals surface area contributed by atoms with E-state index in [-0.39, 0.29) is 6.67 Å². The third-order valence-electron chi connectivity index (χ3n) is 1.51. The summed E-state index contributed by atoms with van der Waals surface area (Å²) in [5.41, 5.74) is 0. The van der Waals surface area contributed by atoms with E-state index in [1.807, 2.05) is 0 Å². The highest BCUT2D eigenvalue weighted by atomic mass is 127. The van der Waals surface area contributed by atoms with E-state index in [1.165, 1.54) is 30.1 Å². The van der Waals surface area contributed by atoms with Crippen molar-refractivity contribution in [1.29, 1.82) is 0 Å². The van der Waals surface area contributed by atoms with Crippen LogP contribution in [-0.2, 0) is 0 Å². The second-order valence-electron chi connectivity index (χ2n) is 2.54. The van der Waals surface area contributed by atoms with E-state index < -0.39 is 0 Å². The number of hydrogen-bond acceptors (Lipinski definition) is 1. The Hall–Kier alpha value is 0.620. The van der Waals surface area contributed by atoms with Crippen LogP contribution in [0.3, 0.4) is 0 Å². The number of unbranched alkanes of at least 4 members (excludes halogenated alkanes) is 3. The highest BCUT2D eigenvalue weighted by Gasteiger charge is 1.88. The molecule has 0 unspecified atom stereocenters. The van der Waals surface area contributed by atoms with Crippen molar-refractivity contribution in [3.8, 4) is 0 Å². The smallest absolute Gasteiger partial charge is 0.102 e. The molecule has 0 amide bonds. The van der Waals surface area contributed by atoms with Gasteiger partial charge in [0.15, 0.2) is 0 Å². The van der Waals surface area contributed by atoms with E-state index in [1.54, 1.807) is 0 Å². The summed E-state index contributed by atoms with van der Waals surface area (Å²) < 4.78 is 12.8. The van der Waals surface area contributed by atoms with E-state index in [9.17, 15) is 4.39 Å². The van der Waals surface area contributed by atoms with Crippen molar-refractivity contribution in [2.75, 3.05) is 24.2 Å². The molecule has 0 aromatic heterocycles. The zero-order chi connectivity index (χ0) is 8.36. The number of hydrogen-bond donors (Lipinski definition) is 1. The quantitative estimate of drug-likeness (QED) is 0.407. The lowest BCUT2D eigenvalue weighted by molar-refractivity contribution is 0.462. The first-order chi connectivity index (χ1) is 5.41. The van der Waals surface area contributed by atoms with Crippen LogP contribution in [0.15, 0.2) is 0 Å². The van der Waals surface area contributed by atoms with Crippen LogP contribution < -0.4 is 5.32 Å². The van der Waals surface area contributed by atoms with Gasteiger partial charge in [0.1, 0.15) is 6.67 Å². The molecular weight excluding hydrogens is 256 g/mol. The lowest BCUT2D eigenvalue weighted by Crippen LogP contribution is -2.17. The number of alkyl halides is 2. The van der Waals surface area contributed by atoms with Crippen LogP contribution in [0.4, 0.5) is 4.39 Å². The van der Waals surface area contributed by atoms with Gasteiger partial charge in [0.25, 0.3) is 0 Å². The summed E-state index contributed by atoms with van der Waals surface area (Å²) in [7, 11) is 0. The van der Waals surface area contributed by atoms with Gasteiger partial charge in [-0.2, -0.15) is 0 Å². The van der Waals surface area contributed by atoms with E-state index in [4.69, 9.17) is 0 Å². The molecule has 0 atom stereocenters. The van der Waals surface area contributed by atoms with Gasteiger partial charge in [0.2, 0.25) is 0 Å². The van der Waals surface area contributed by atoms with Crippen molar-refractivity contribution in [3.05, 3.63) is 0 Å². The predicted molar refractivity (Wildman–Crippen MR) is 56.2 cm³/mol. The Labute approximate surface area is 82.3 Å². The molecule has 0 aliphatic heterocycles. The molecule has 0 bridgehead atoms. The molecule has 0 saturated carbocycles. The average Bonchev–Trinajstić information content (AvgIpc) is 2.03. The van der Waals surface area contributed by atoms with E-state index in [2.05, 4.69) is 27.9 Å². The van der Waals surface area contributed by atoms with E-state index in [0.29, 0.717) is 6.54 Å². The van der Waals surface area contributed by atoms with Gasteiger partial charge in [-0.05, 0) is 23.8 Å². The second-order valence-corrected chi connectivity index (χ2v) is 3.62. The third-order valence-corrected chi connectivity index (χ3v) is 2.27. The van der Waals surface area contributed by atoms with Crippen molar-refractivity contribution in [1.82, 2.24) is 5.32 Å². The molecule has 0 spiro atoms. The van der Waals surface area contributed by atoms with Crippen molar-refractivity contribution in [3.63, 3.8) is 0 Å². The maximum Gasteiger partial charge on any atom is 0.102 e. The fraction of sp³-hybridized carbons (Fsp3) is 1.00. The Kier molecular flexibility index (Phi) is 11.2. The summed E-state index contributed by atoms with van der Waals surface area (Å²) in [6.45, 7) is 1.26. The molecule has 0 rings (SSSR count). The topological polar surface area (TPSA) is 12.0 Å². The zero-order valence-electron chi connectivity index (χ0n) is 6.91. The van der Waals surface area contributed by atoms with Crippen LogP contribution in [0.2, 0.25) is 0 Å². The van der Waals surface area contributed by atoms with Crippen molar-refractivity contribution in [2.24, 2.45) is 0 Å². The highest BCUT2D eigenvalue weighted by molar-refractivity contribution is 14.1. The maximum atomic E-state index is 11.6. The summed E-state index contributed by atoms with van der Waals surface area (Å²) >= 11 is 2.40. The Morgan fingerprint density at radius 1 is 1.00 bits per heavy atom. The van der Waals surface area contributed by atoms with Crippen molar-refractivity contribution < 1.29 is 4.39 Å². The fourth-order valence-corrected chi connectivity index (χ4v) is 1.43. The minimum absolute atomic E-state index is 0.242. The standard InChI is InChI=1S/C8H17FIN/c9-5-8-11-7-4-2-1-3-6-10/h11H,1-8H2. The molecule has 1 N–H and O–H groups in total. The van der Waals surface area contributed by atoms with Crippen LogP contribution in [0.5, 0.6) is 0 Å². The van der Waals surface area contributed by atoms with Gasteiger partial charge < -0.3 is 5.32 Å². The highest BCUT2D eigenvalue weighted by Crippen LogP contribution is 2.00. The minimum atomic E-state index is -0.242. The Morgan fingerprint density at radius 2 is 1.73 bits per heavy atom. The largest absolute Gasteiger partial charge is 0.314 e. The molecule has 0 aromatic rings. The lowest BCUT2D eigenvalue weighted by Gasteiger charge is -2.00. The monoisotopic (exact) mass is 273 g/mol. The third kappa shape index (κ3) is 10.6. The second kappa shape index (κ2) is 10.6. The molecule has 0 heterocycles. The predicted octanol–water partition coefficient (Wildman–Crippen LogP) is 2.54. The molecular formula is C8H17FIN. The fourth-order valence-electron chi connectivity index (χ4n) is 0.890. The Bertz CT molecular complexity index is 63.1. The molecule has 11 heavy (non-hydrogen) atoms. The van der Waals surface area contributed by atoms with E-state index >= 15 is 0 Å². The first-order valence-corrected chi connectivity index (χ1v) is 5.77. The molecule has 1 nitrogen and oxygen atoms in total. The van der Waals surface area contributed by atoms with Gasteiger partial charge in [0.05, 0.1) is 0 Å². The molecule has 68 valence electrons. The molecule has 0 fully saturated rings. The molecule has 3 heteroatoms. The molecule has 0 saturated heterocycles. The maximum absolute atomic E-state index is 11.6. The van der Waals surface area contributed by atoms with Crippen molar-refractivity contribution >= 4 is 22.6 Å². The molecule has 0 aliphatic rings. The van der Waals surface area contributed by atoms with Crippen LogP contribution in [0, 0.1) is 0 Å². The lowest BCUT2D eigenvalue weighted by atomic mass is 10.2. The first kappa shape index (κ1) is 11.6. The van der Waals surface area contributed by atoms with Crippen LogP contribution >= 0.6 is 22.6 Å². The number of nitrogens with one attached hydrogen (secondary N) is 1. The summed E-state index contributed by atoms with van der Waals surface area (Å²) in [6.07, 6.45) is 5.11. The van der Waals surface area contributed by atoms with Gasteiger partial charge in [-0.25, -0.2) is 4.39 Å². The first-order valence-electron chi connectivity index (χ1n) is 4.24. The Morgan fingerprint density at radius 3 is 2.36 bits per heavy atom. The molecule has 0 radical (unpaired) electrons. The van der Waals surface area contributed by atoms with Crippen LogP contribution in [0.25, 0.3) is 0 Å². The number of halogens is 2. The summed E-state index contributed by atoms with van der Waals surface area (Å²) in [5.74, 6) is 0. The minimum Gasteiger partial charge on any atom is -0.314 e. The Balaban J connectivity index is 2.69. The van der Waals surface area contributed by atoms with Crippen molar-refractivity contribution in [2.45, 2.75) is 25.7 Å². The SMILES string of the molecule is FCCNCCCCCCI. The van der Waals surface area contributed by atoms with Gasteiger partial charge in [-0.3, -0.25) is 0 Å². The van der Waals surface area contributed by atoms with Gasteiger partial charge in [0, 0.05) is 6.54 Å². The summed E-state index contributed by atoms with van der Waals surface area (Å²) in [6, 6.07) is 0. The normalized spacial score (nSPS) is 10.4.